The van der Waals surface area contributed by atoms with Crippen molar-refractivity contribution in [1.29, 1.82) is 0 Å². The fraction of sp³-hybridized carbons (Fsp3) is 0.500. The number of nitrogens with one attached hydrogen (secondary N) is 1. The Kier molecular flexibility index (Phi) is 2.97. The maximum atomic E-state index is 5.82. The lowest BCUT2D eigenvalue weighted by atomic mass is 10.1. The van der Waals surface area contributed by atoms with Gasteiger partial charge in [0.2, 0.25) is 0 Å². The molecule has 0 saturated heterocycles. The van der Waals surface area contributed by atoms with E-state index in [1.807, 2.05) is 24.3 Å². The lowest BCUT2D eigenvalue weighted by Gasteiger charge is -2.13. The van der Waals surface area contributed by atoms with Gasteiger partial charge in [-0.3, -0.25) is 0 Å². The molecule has 1 aliphatic carbocycles. The highest BCUT2D eigenvalue weighted by molar-refractivity contribution is 6.30. The summed E-state index contributed by atoms with van der Waals surface area (Å²) in [5, 5.41) is 4.34. The molecule has 76 valence electrons. The third kappa shape index (κ3) is 2.42. The van der Waals surface area contributed by atoms with Gasteiger partial charge in [0.1, 0.15) is 0 Å². The van der Waals surface area contributed by atoms with Crippen molar-refractivity contribution >= 4 is 17.3 Å². The second kappa shape index (κ2) is 4.22. The SMILES string of the molecule is CC1CCC(Nc2ccc(Cl)cc2)C1. The summed E-state index contributed by atoms with van der Waals surface area (Å²) in [5.41, 5.74) is 1.19. The van der Waals surface area contributed by atoms with Crippen LogP contribution in [0.25, 0.3) is 0 Å². The van der Waals surface area contributed by atoms with Crippen molar-refractivity contribution in [3.63, 3.8) is 0 Å². The molecule has 2 rings (SSSR count). The van der Waals surface area contributed by atoms with Crippen molar-refractivity contribution < 1.29 is 0 Å². The maximum Gasteiger partial charge on any atom is 0.0407 e. The number of halogens is 1. The van der Waals surface area contributed by atoms with Crippen LogP contribution >= 0.6 is 11.6 Å². The van der Waals surface area contributed by atoms with Crippen molar-refractivity contribution in [3.05, 3.63) is 29.3 Å². The van der Waals surface area contributed by atoms with E-state index in [2.05, 4.69) is 12.2 Å². The summed E-state index contributed by atoms with van der Waals surface area (Å²) in [7, 11) is 0. The molecule has 1 aromatic rings. The third-order valence-corrected chi connectivity index (χ3v) is 3.16. The Balaban J connectivity index is 1.94. The van der Waals surface area contributed by atoms with E-state index in [1.165, 1.54) is 24.9 Å². The summed E-state index contributed by atoms with van der Waals surface area (Å²) >= 11 is 5.82. The molecule has 0 heterocycles. The van der Waals surface area contributed by atoms with Gasteiger partial charge in [-0.15, -0.1) is 0 Å². The fourth-order valence-electron chi connectivity index (χ4n) is 2.12. The Hall–Kier alpha value is -0.690. The Bertz CT molecular complexity index is 294. The fourth-order valence-corrected chi connectivity index (χ4v) is 2.25. The van der Waals surface area contributed by atoms with E-state index >= 15 is 0 Å². The van der Waals surface area contributed by atoms with E-state index in [0.29, 0.717) is 6.04 Å². The highest BCUT2D eigenvalue weighted by Crippen LogP contribution is 2.27. The van der Waals surface area contributed by atoms with Gasteiger partial charge in [-0.25, -0.2) is 0 Å². The van der Waals surface area contributed by atoms with E-state index < -0.39 is 0 Å². The number of rotatable bonds is 2. The smallest absolute Gasteiger partial charge is 0.0407 e. The van der Waals surface area contributed by atoms with Gasteiger partial charge in [0.25, 0.3) is 0 Å². The summed E-state index contributed by atoms with van der Waals surface area (Å²) in [5.74, 6) is 0.875. The number of hydrogen-bond acceptors (Lipinski definition) is 1. The molecule has 2 atom stereocenters. The average molecular weight is 210 g/mol. The molecule has 1 nitrogen and oxygen atoms in total. The molecule has 1 aromatic carbocycles. The summed E-state index contributed by atoms with van der Waals surface area (Å²) in [4.78, 5) is 0. The first kappa shape index (κ1) is 9.85. The molecule has 0 spiro atoms. The normalized spacial score (nSPS) is 26.4. The Morgan fingerprint density at radius 1 is 1.21 bits per heavy atom. The molecule has 0 aliphatic heterocycles. The molecule has 1 aliphatic rings. The van der Waals surface area contributed by atoms with E-state index in [1.54, 1.807) is 0 Å². The lowest BCUT2D eigenvalue weighted by Crippen LogP contribution is -2.14. The van der Waals surface area contributed by atoms with Crippen LogP contribution in [0.2, 0.25) is 5.02 Å². The summed E-state index contributed by atoms with van der Waals surface area (Å²) in [6.07, 6.45) is 3.94. The molecule has 1 fully saturated rings. The van der Waals surface area contributed by atoms with E-state index in [-0.39, 0.29) is 0 Å². The van der Waals surface area contributed by atoms with E-state index in [9.17, 15) is 0 Å². The van der Waals surface area contributed by atoms with Crippen LogP contribution in [0.15, 0.2) is 24.3 Å². The summed E-state index contributed by atoms with van der Waals surface area (Å²) < 4.78 is 0. The van der Waals surface area contributed by atoms with Crippen LogP contribution in [-0.2, 0) is 0 Å². The minimum absolute atomic E-state index is 0.658. The largest absolute Gasteiger partial charge is 0.382 e. The molecule has 14 heavy (non-hydrogen) atoms. The van der Waals surface area contributed by atoms with Gasteiger partial charge in [0, 0.05) is 16.8 Å². The lowest BCUT2D eigenvalue weighted by molar-refractivity contribution is 0.602. The predicted octanol–water partition coefficient (Wildman–Crippen LogP) is 3.94. The summed E-state index contributed by atoms with van der Waals surface area (Å²) in [6, 6.07) is 8.62. The molecule has 2 heteroatoms. The average Bonchev–Trinajstić information content (AvgIpc) is 2.56. The Labute approximate surface area is 90.5 Å². The van der Waals surface area contributed by atoms with Gasteiger partial charge in [-0.05, 0) is 49.4 Å². The first-order valence-electron chi connectivity index (χ1n) is 5.26. The first-order valence-corrected chi connectivity index (χ1v) is 5.64. The molecule has 0 amide bonds. The predicted molar refractivity (Wildman–Crippen MR) is 61.9 cm³/mol. The van der Waals surface area contributed by atoms with Gasteiger partial charge in [-0.2, -0.15) is 0 Å². The minimum Gasteiger partial charge on any atom is -0.382 e. The molecule has 2 unspecified atom stereocenters. The van der Waals surface area contributed by atoms with E-state index in [4.69, 9.17) is 11.6 Å². The molecule has 1 N–H and O–H groups in total. The van der Waals surface area contributed by atoms with Crippen LogP contribution in [0.4, 0.5) is 5.69 Å². The topological polar surface area (TPSA) is 12.0 Å². The van der Waals surface area contributed by atoms with Crippen molar-refractivity contribution in [2.75, 3.05) is 5.32 Å². The first-order chi connectivity index (χ1) is 6.74. The van der Waals surface area contributed by atoms with Crippen LogP contribution in [0.1, 0.15) is 26.2 Å². The maximum absolute atomic E-state index is 5.82. The quantitative estimate of drug-likeness (QED) is 0.778. The third-order valence-electron chi connectivity index (χ3n) is 2.91. The zero-order valence-electron chi connectivity index (χ0n) is 8.46. The van der Waals surface area contributed by atoms with Crippen molar-refractivity contribution in [1.82, 2.24) is 0 Å². The van der Waals surface area contributed by atoms with Crippen molar-refractivity contribution in [3.8, 4) is 0 Å². The molecule has 1 saturated carbocycles. The highest BCUT2D eigenvalue weighted by atomic mass is 35.5. The van der Waals surface area contributed by atoms with Crippen molar-refractivity contribution in [2.45, 2.75) is 32.2 Å². The van der Waals surface area contributed by atoms with Gasteiger partial charge < -0.3 is 5.32 Å². The van der Waals surface area contributed by atoms with E-state index in [0.717, 1.165) is 10.9 Å². The zero-order valence-corrected chi connectivity index (χ0v) is 9.22. The molecule has 0 radical (unpaired) electrons. The van der Waals surface area contributed by atoms with Crippen LogP contribution < -0.4 is 5.32 Å². The molecule has 0 aromatic heterocycles. The van der Waals surface area contributed by atoms with Gasteiger partial charge in [-0.1, -0.05) is 18.5 Å². The van der Waals surface area contributed by atoms with Gasteiger partial charge in [0.15, 0.2) is 0 Å². The number of benzene rings is 1. The van der Waals surface area contributed by atoms with Crippen LogP contribution in [0, 0.1) is 5.92 Å². The van der Waals surface area contributed by atoms with Crippen LogP contribution in [0.3, 0.4) is 0 Å². The highest BCUT2D eigenvalue weighted by Gasteiger charge is 2.20. The minimum atomic E-state index is 0.658. The van der Waals surface area contributed by atoms with Crippen molar-refractivity contribution in [2.24, 2.45) is 5.92 Å². The second-order valence-corrected chi connectivity index (χ2v) is 4.70. The monoisotopic (exact) mass is 209 g/mol. The van der Waals surface area contributed by atoms with Gasteiger partial charge >= 0.3 is 0 Å². The van der Waals surface area contributed by atoms with Crippen LogP contribution in [0.5, 0.6) is 0 Å². The van der Waals surface area contributed by atoms with Crippen LogP contribution in [-0.4, -0.2) is 6.04 Å². The number of hydrogen-bond donors (Lipinski definition) is 1. The molecule has 0 bridgehead atoms. The summed E-state index contributed by atoms with van der Waals surface area (Å²) in [6.45, 7) is 2.32. The number of anilines is 1. The standard InChI is InChI=1S/C12H16ClN/c1-9-2-5-12(8-9)14-11-6-3-10(13)4-7-11/h3-4,6-7,9,12,14H,2,5,8H2,1H3. The zero-order chi connectivity index (χ0) is 9.97. The molecular weight excluding hydrogens is 194 g/mol. The second-order valence-electron chi connectivity index (χ2n) is 4.27. The Morgan fingerprint density at radius 3 is 2.50 bits per heavy atom. The van der Waals surface area contributed by atoms with Gasteiger partial charge in [0.05, 0.1) is 0 Å². The molecular formula is C12H16ClN. The Morgan fingerprint density at radius 2 is 1.93 bits per heavy atom.